The number of ether oxygens (including phenoxy) is 2. The highest BCUT2D eigenvalue weighted by molar-refractivity contribution is 6.02. The number of esters is 1. The Balaban J connectivity index is 1.50. The molecule has 3 aromatic rings. The third-order valence-electron chi connectivity index (χ3n) is 4.65. The van der Waals surface area contributed by atoms with Crippen LogP contribution in [-0.2, 0) is 16.1 Å². The number of carbonyl (C=O) groups excluding carboxylic acids is 2. The lowest BCUT2D eigenvalue weighted by molar-refractivity contribution is -0.111. The first-order valence-electron chi connectivity index (χ1n) is 10.7. The number of amides is 1. The van der Waals surface area contributed by atoms with E-state index in [2.05, 4.69) is 5.32 Å². The van der Waals surface area contributed by atoms with Gasteiger partial charge in [-0.3, -0.25) is 4.79 Å². The Morgan fingerprint density at radius 3 is 2.47 bits per heavy atom. The standard InChI is InChI=1S/C27H27NO4/c1-2-3-18-31-27(30)23-10-7-11-24(19-23)28-26(29)17-14-21-12-15-25(16-13-21)32-20-22-8-5-4-6-9-22/h4-17,19H,2-3,18,20H2,1H3,(H,28,29)/b17-14+. The summed E-state index contributed by atoms with van der Waals surface area (Å²) in [4.78, 5) is 24.3. The molecule has 0 bridgehead atoms. The van der Waals surface area contributed by atoms with Crippen LogP contribution in [0.1, 0.15) is 41.3 Å². The minimum absolute atomic E-state index is 0.286. The second-order valence-electron chi connectivity index (χ2n) is 7.24. The summed E-state index contributed by atoms with van der Waals surface area (Å²) >= 11 is 0. The number of nitrogens with one attached hydrogen (secondary N) is 1. The Morgan fingerprint density at radius 1 is 0.938 bits per heavy atom. The predicted molar refractivity (Wildman–Crippen MR) is 127 cm³/mol. The summed E-state index contributed by atoms with van der Waals surface area (Å²) < 4.78 is 11.0. The van der Waals surface area contributed by atoms with E-state index in [0.717, 1.165) is 29.7 Å². The van der Waals surface area contributed by atoms with Crippen molar-refractivity contribution in [1.82, 2.24) is 0 Å². The molecule has 0 unspecified atom stereocenters. The molecule has 3 rings (SSSR count). The fraction of sp³-hybridized carbons (Fsp3) is 0.185. The number of rotatable bonds is 10. The number of hydrogen-bond acceptors (Lipinski definition) is 4. The molecule has 1 amide bonds. The molecule has 0 atom stereocenters. The molecule has 0 saturated carbocycles. The molecule has 0 radical (unpaired) electrons. The Labute approximate surface area is 188 Å². The van der Waals surface area contributed by atoms with Gasteiger partial charge in [0.15, 0.2) is 0 Å². The fourth-order valence-corrected chi connectivity index (χ4v) is 2.89. The summed E-state index contributed by atoms with van der Waals surface area (Å²) in [6.45, 7) is 2.93. The number of benzene rings is 3. The summed E-state index contributed by atoms with van der Waals surface area (Å²) in [6, 6.07) is 24.2. The highest BCUT2D eigenvalue weighted by atomic mass is 16.5. The molecule has 0 aliphatic carbocycles. The van der Waals surface area contributed by atoms with Crippen molar-refractivity contribution in [3.63, 3.8) is 0 Å². The third-order valence-corrected chi connectivity index (χ3v) is 4.65. The number of carbonyl (C=O) groups is 2. The summed E-state index contributed by atoms with van der Waals surface area (Å²) in [7, 11) is 0. The number of unbranched alkanes of at least 4 members (excludes halogenated alkanes) is 1. The quantitative estimate of drug-likeness (QED) is 0.248. The van der Waals surface area contributed by atoms with Crippen molar-refractivity contribution in [1.29, 1.82) is 0 Å². The van der Waals surface area contributed by atoms with Crippen molar-refractivity contribution in [2.24, 2.45) is 0 Å². The predicted octanol–water partition coefficient (Wildman–Crippen LogP) is 5.87. The molecule has 32 heavy (non-hydrogen) atoms. The zero-order valence-electron chi connectivity index (χ0n) is 18.1. The molecule has 0 heterocycles. The third kappa shape index (κ3) is 7.43. The summed E-state index contributed by atoms with van der Waals surface area (Å²) in [5.74, 6) is 0.0867. The molecule has 5 heteroatoms. The van der Waals surface area contributed by atoms with Gasteiger partial charge in [0.25, 0.3) is 0 Å². The molecule has 1 N–H and O–H groups in total. The van der Waals surface area contributed by atoms with Gasteiger partial charge in [0.2, 0.25) is 5.91 Å². The van der Waals surface area contributed by atoms with E-state index < -0.39 is 0 Å². The van der Waals surface area contributed by atoms with Gasteiger partial charge in [-0.05, 0) is 54.0 Å². The van der Waals surface area contributed by atoms with Crippen LogP contribution in [0.25, 0.3) is 6.08 Å². The molecule has 0 aliphatic rings. The van der Waals surface area contributed by atoms with Gasteiger partial charge in [0, 0.05) is 11.8 Å². The Hall–Kier alpha value is -3.86. The Bertz CT molecular complexity index is 1040. The van der Waals surface area contributed by atoms with Crippen LogP contribution in [-0.4, -0.2) is 18.5 Å². The lowest BCUT2D eigenvalue weighted by Gasteiger charge is -2.07. The van der Waals surface area contributed by atoms with Crippen LogP contribution < -0.4 is 10.1 Å². The van der Waals surface area contributed by atoms with Gasteiger partial charge < -0.3 is 14.8 Å². The van der Waals surface area contributed by atoms with Crippen molar-refractivity contribution >= 4 is 23.6 Å². The molecule has 164 valence electrons. The van der Waals surface area contributed by atoms with Crippen LogP contribution in [0.4, 0.5) is 5.69 Å². The van der Waals surface area contributed by atoms with E-state index in [4.69, 9.17) is 9.47 Å². The van der Waals surface area contributed by atoms with E-state index >= 15 is 0 Å². The smallest absolute Gasteiger partial charge is 0.338 e. The van der Waals surface area contributed by atoms with Crippen molar-refractivity contribution in [2.45, 2.75) is 26.4 Å². The van der Waals surface area contributed by atoms with E-state index in [9.17, 15) is 9.59 Å². The van der Waals surface area contributed by atoms with Gasteiger partial charge in [0.05, 0.1) is 12.2 Å². The number of hydrogen-bond donors (Lipinski definition) is 1. The maximum Gasteiger partial charge on any atom is 0.338 e. The van der Waals surface area contributed by atoms with Gasteiger partial charge in [-0.1, -0.05) is 61.9 Å². The van der Waals surface area contributed by atoms with Crippen molar-refractivity contribution in [3.05, 3.63) is 102 Å². The first-order valence-corrected chi connectivity index (χ1v) is 10.7. The van der Waals surface area contributed by atoms with E-state index in [0.29, 0.717) is 24.5 Å². The van der Waals surface area contributed by atoms with Gasteiger partial charge in [0.1, 0.15) is 12.4 Å². The summed E-state index contributed by atoms with van der Waals surface area (Å²) in [5.41, 5.74) is 2.93. The summed E-state index contributed by atoms with van der Waals surface area (Å²) in [5, 5.41) is 2.77. The first-order chi connectivity index (χ1) is 15.6. The van der Waals surface area contributed by atoms with Gasteiger partial charge in [-0.15, -0.1) is 0 Å². The maximum atomic E-state index is 12.3. The normalized spacial score (nSPS) is 10.7. The topological polar surface area (TPSA) is 64.6 Å². The van der Waals surface area contributed by atoms with Crippen LogP contribution in [0.5, 0.6) is 5.75 Å². The van der Waals surface area contributed by atoms with Gasteiger partial charge >= 0.3 is 5.97 Å². The largest absolute Gasteiger partial charge is 0.489 e. The zero-order valence-corrected chi connectivity index (χ0v) is 18.1. The molecule has 5 nitrogen and oxygen atoms in total. The lowest BCUT2D eigenvalue weighted by Crippen LogP contribution is -2.10. The zero-order chi connectivity index (χ0) is 22.6. The molecule has 0 aliphatic heterocycles. The fourth-order valence-electron chi connectivity index (χ4n) is 2.89. The van der Waals surface area contributed by atoms with Crippen molar-refractivity contribution < 1.29 is 19.1 Å². The summed E-state index contributed by atoms with van der Waals surface area (Å²) in [6.07, 6.45) is 4.96. The molecule has 0 spiro atoms. The second kappa shape index (κ2) is 12.1. The molecule has 0 saturated heterocycles. The van der Waals surface area contributed by atoms with Crippen LogP contribution in [0.3, 0.4) is 0 Å². The second-order valence-corrected chi connectivity index (χ2v) is 7.24. The maximum absolute atomic E-state index is 12.3. The van der Waals surface area contributed by atoms with E-state index in [1.165, 1.54) is 6.08 Å². The highest BCUT2D eigenvalue weighted by Gasteiger charge is 2.08. The molecule has 0 fully saturated rings. The molecule has 3 aromatic carbocycles. The minimum Gasteiger partial charge on any atom is -0.489 e. The number of anilines is 1. The first kappa shape index (κ1) is 22.8. The van der Waals surface area contributed by atoms with E-state index in [1.54, 1.807) is 30.3 Å². The average Bonchev–Trinajstić information content (AvgIpc) is 2.83. The van der Waals surface area contributed by atoms with Crippen LogP contribution >= 0.6 is 0 Å². The van der Waals surface area contributed by atoms with Crippen LogP contribution in [0.15, 0.2) is 84.9 Å². The minimum atomic E-state index is -0.389. The molecular weight excluding hydrogens is 402 g/mol. The average molecular weight is 430 g/mol. The lowest BCUT2D eigenvalue weighted by atomic mass is 10.2. The molecular formula is C27H27NO4. The van der Waals surface area contributed by atoms with E-state index in [-0.39, 0.29) is 11.9 Å². The van der Waals surface area contributed by atoms with Crippen molar-refractivity contribution in [2.75, 3.05) is 11.9 Å². The van der Waals surface area contributed by atoms with Crippen LogP contribution in [0, 0.1) is 0 Å². The highest BCUT2D eigenvalue weighted by Crippen LogP contribution is 2.16. The SMILES string of the molecule is CCCCOC(=O)c1cccc(NC(=O)/C=C/c2ccc(OCc3ccccc3)cc2)c1. The van der Waals surface area contributed by atoms with Gasteiger partial charge in [-0.25, -0.2) is 4.79 Å². The monoisotopic (exact) mass is 429 g/mol. The van der Waals surface area contributed by atoms with Crippen molar-refractivity contribution in [3.8, 4) is 5.75 Å². The van der Waals surface area contributed by atoms with E-state index in [1.807, 2.05) is 61.5 Å². The van der Waals surface area contributed by atoms with Crippen LogP contribution in [0.2, 0.25) is 0 Å². The Kier molecular flexibility index (Phi) is 8.63. The Morgan fingerprint density at radius 2 is 1.72 bits per heavy atom. The van der Waals surface area contributed by atoms with Gasteiger partial charge in [-0.2, -0.15) is 0 Å². The molecule has 0 aromatic heterocycles.